The van der Waals surface area contributed by atoms with E-state index in [1.165, 1.54) is 24.7 Å². The molecule has 1 fully saturated rings. The van der Waals surface area contributed by atoms with Crippen LogP contribution in [0.2, 0.25) is 0 Å². The second-order valence-electron chi connectivity index (χ2n) is 12.3. The van der Waals surface area contributed by atoms with Gasteiger partial charge in [-0.3, -0.25) is 10.2 Å². The summed E-state index contributed by atoms with van der Waals surface area (Å²) >= 11 is 0. The summed E-state index contributed by atoms with van der Waals surface area (Å²) < 4.78 is 7.09. The molecule has 2 amide bonds. The lowest BCUT2D eigenvalue weighted by Gasteiger charge is -2.30. The van der Waals surface area contributed by atoms with Gasteiger partial charge in [-0.1, -0.05) is 57.1 Å². The van der Waals surface area contributed by atoms with E-state index in [0.717, 1.165) is 42.5 Å². The molecule has 2 aromatic carbocycles. The number of nitrogens with one attached hydrogen (secondary N) is 2. The van der Waals surface area contributed by atoms with Crippen molar-refractivity contribution in [3.63, 3.8) is 0 Å². The number of carbonyl (C=O) groups excluding carboxylic acids is 1. The van der Waals surface area contributed by atoms with Gasteiger partial charge in [0.15, 0.2) is 11.5 Å². The third-order valence-corrected chi connectivity index (χ3v) is 7.86. The first-order chi connectivity index (χ1) is 20.6. The molecule has 0 spiro atoms. The number of carbonyl (C=O) groups is 1. The maximum atomic E-state index is 12.6. The summed E-state index contributed by atoms with van der Waals surface area (Å²) in [6, 6.07) is 17.1. The molecule has 6 rings (SSSR count). The Morgan fingerprint density at radius 1 is 1.02 bits per heavy atom. The van der Waals surface area contributed by atoms with E-state index in [4.69, 9.17) is 15.4 Å². The molecule has 222 valence electrons. The van der Waals surface area contributed by atoms with E-state index in [9.17, 15) is 4.79 Å². The minimum Gasteiger partial charge on any atom is -0.383 e. The van der Waals surface area contributed by atoms with E-state index in [1.54, 1.807) is 22.9 Å². The molecule has 1 aliphatic rings. The molecule has 1 aliphatic heterocycles. The zero-order chi connectivity index (χ0) is 30.1. The Morgan fingerprint density at radius 3 is 2.42 bits per heavy atom. The fourth-order valence-corrected chi connectivity index (χ4v) is 5.26. The van der Waals surface area contributed by atoms with Crippen molar-refractivity contribution < 1.29 is 9.32 Å². The number of anilines is 3. The first kappa shape index (κ1) is 28.4. The molecule has 0 bridgehead atoms. The Bertz CT molecular complexity index is 1730. The maximum Gasteiger partial charge on any atom is 0.324 e. The Balaban J connectivity index is 1.19. The standard InChI is InChI=1S/C32H37N9O2/c1-20-13-15-40(16-14-20)18-21-5-7-22(8-6-21)28-27-29(33)34-19-35-30(27)41(38-28)24-11-9-23(10-12-24)36-31(42)37-26-17-25(43-39-26)32(2,3)4/h5-12,17,19-20H,13-16,18H2,1-4H3,(H2,33,34,35)(H2,36,37,39,42). The largest absolute Gasteiger partial charge is 0.383 e. The molecule has 11 heteroatoms. The van der Waals surface area contributed by atoms with Gasteiger partial charge in [0.05, 0.1) is 11.1 Å². The lowest BCUT2D eigenvalue weighted by Crippen LogP contribution is -2.32. The van der Waals surface area contributed by atoms with Gasteiger partial charge >= 0.3 is 6.03 Å². The van der Waals surface area contributed by atoms with Crippen LogP contribution in [0.1, 0.15) is 51.9 Å². The molecule has 43 heavy (non-hydrogen) atoms. The smallest absolute Gasteiger partial charge is 0.324 e. The molecule has 0 unspecified atom stereocenters. The Morgan fingerprint density at radius 2 is 1.74 bits per heavy atom. The molecule has 0 radical (unpaired) electrons. The van der Waals surface area contributed by atoms with Crippen molar-refractivity contribution in [1.82, 2.24) is 29.8 Å². The van der Waals surface area contributed by atoms with Gasteiger partial charge in [-0.2, -0.15) is 5.10 Å². The molecule has 3 aromatic heterocycles. The minimum absolute atomic E-state index is 0.208. The molecule has 11 nitrogen and oxygen atoms in total. The number of nitrogens with zero attached hydrogens (tertiary/aromatic N) is 6. The Labute approximate surface area is 250 Å². The van der Waals surface area contributed by atoms with Gasteiger partial charge in [0, 0.05) is 29.3 Å². The predicted molar refractivity (Wildman–Crippen MR) is 168 cm³/mol. The second-order valence-corrected chi connectivity index (χ2v) is 12.3. The molecular weight excluding hydrogens is 542 g/mol. The van der Waals surface area contributed by atoms with Crippen molar-refractivity contribution in [1.29, 1.82) is 0 Å². The fraction of sp³-hybridized carbons (Fsp3) is 0.344. The van der Waals surface area contributed by atoms with E-state index in [-0.39, 0.29) is 5.41 Å². The van der Waals surface area contributed by atoms with Crippen LogP contribution < -0.4 is 16.4 Å². The number of hydrogen-bond acceptors (Lipinski definition) is 8. The number of fused-ring (bicyclic) bond motifs is 1. The highest BCUT2D eigenvalue weighted by Gasteiger charge is 2.21. The quantitative estimate of drug-likeness (QED) is 0.215. The Hall–Kier alpha value is -4.77. The normalized spacial score (nSPS) is 14.7. The van der Waals surface area contributed by atoms with E-state index in [1.807, 2.05) is 32.9 Å². The third-order valence-electron chi connectivity index (χ3n) is 7.86. The van der Waals surface area contributed by atoms with Crippen LogP contribution >= 0.6 is 0 Å². The number of rotatable bonds is 6. The van der Waals surface area contributed by atoms with Gasteiger partial charge in [-0.25, -0.2) is 19.4 Å². The van der Waals surface area contributed by atoms with Crippen LogP contribution in [0.15, 0.2) is 65.4 Å². The molecule has 0 aliphatic carbocycles. The number of hydrogen-bond donors (Lipinski definition) is 3. The SMILES string of the molecule is CC1CCN(Cc2ccc(-c3nn(-c4ccc(NC(=O)Nc5cc(C(C)(C)C)on5)cc4)c4ncnc(N)c34)cc2)CC1. The number of nitrogens with two attached hydrogens (primary N) is 1. The van der Waals surface area contributed by atoms with Crippen molar-refractivity contribution >= 4 is 34.4 Å². The van der Waals surface area contributed by atoms with Crippen LogP contribution in [0.3, 0.4) is 0 Å². The van der Waals surface area contributed by atoms with Gasteiger partial charge in [-0.05, 0) is 61.7 Å². The second kappa shape index (κ2) is 11.5. The van der Waals surface area contributed by atoms with Crippen molar-refractivity contribution in [3.05, 3.63) is 72.2 Å². The number of urea groups is 1. The lowest BCUT2D eigenvalue weighted by atomic mass is 9.93. The van der Waals surface area contributed by atoms with Crippen LogP contribution in [0.5, 0.6) is 0 Å². The highest BCUT2D eigenvalue weighted by atomic mass is 16.5. The molecule has 0 saturated carbocycles. The summed E-state index contributed by atoms with van der Waals surface area (Å²) in [6.45, 7) is 11.6. The maximum absolute atomic E-state index is 12.6. The van der Waals surface area contributed by atoms with Gasteiger partial charge < -0.3 is 15.6 Å². The van der Waals surface area contributed by atoms with E-state index >= 15 is 0 Å². The number of likely N-dealkylation sites (tertiary alicyclic amines) is 1. The Kier molecular flexibility index (Phi) is 7.57. The van der Waals surface area contributed by atoms with Gasteiger partial charge in [0.2, 0.25) is 0 Å². The van der Waals surface area contributed by atoms with Gasteiger partial charge in [0.1, 0.15) is 23.6 Å². The van der Waals surface area contributed by atoms with Crippen LogP contribution in [0.25, 0.3) is 28.0 Å². The molecule has 5 aromatic rings. The summed E-state index contributed by atoms with van der Waals surface area (Å²) in [4.78, 5) is 23.8. The van der Waals surface area contributed by atoms with Crippen molar-refractivity contribution in [2.75, 3.05) is 29.5 Å². The zero-order valence-corrected chi connectivity index (χ0v) is 25.0. The average molecular weight is 580 g/mol. The topological polar surface area (TPSA) is 140 Å². The van der Waals surface area contributed by atoms with Crippen LogP contribution in [-0.2, 0) is 12.0 Å². The zero-order valence-electron chi connectivity index (χ0n) is 25.0. The predicted octanol–water partition coefficient (Wildman–Crippen LogP) is 6.23. The first-order valence-corrected chi connectivity index (χ1v) is 14.6. The van der Waals surface area contributed by atoms with Gasteiger partial charge in [0.25, 0.3) is 0 Å². The summed E-state index contributed by atoms with van der Waals surface area (Å²) in [7, 11) is 0. The van der Waals surface area contributed by atoms with Crippen molar-refractivity contribution in [2.45, 2.75) is 52.5 Å². The lowest BCUT2D eigenvalue weighted by molar-refractivity contribution is 0.185. The third kappa shape index (κ3) is 6.21. The number of piperidine rings is 1. The van der Waals surface area contributed by atoms with Crippen LogP contribution in [0.4, 0.5) is 22.1 Å². The fourth-order valence-electron chi connectivity index (χ4n) is 5.26. The first-order valence-electron chi connectivity index (χ1n) is 14.6. The van der Waals surface area contributed by atoms with E-state index < -0.39 is 6.03 Å². The highest BCUT2D eigenvalue weighted by molar-refractivity contribution is 6.00. The molecule has 0 atom stereocenters. The van der Waals surface area contributed by atoms with E-state index in [2.05, 4.69) is 61.8 Å². The summed E-state index contributed by atoms with van der Waals surface area (Å²) in [6.07, 6.45) is 3.95. The summed E-state index contributed by atoms with van der Waals surface area (Å²) in [5, 5.41) is 15.1. The number of nitrogen functional groups attached to an aromatic ring is 1. The molecule has 4 heterocycles. The van der Waals surface area contributed by atoms with Crippen molar-refractivity contribution in [2.24, 2.45) is 5.92 Å². The van der Waals surface area contributed by atoms with Crippen LogP contribution in [0, 0.1) is 5.92 Å². The monoisotopic (exact) mass is 579 g/mol. The number of benzene rings is 2. The summed E-state index contributed by atoms with van der Waals surface area (Å²) in [5.41, 5.74) is 11.0. The van der Waals surface area contributed by atoms with Crippen molar-refractivity contribution in [3.8, 4) is 16.9 Å². The highest BCUT2D eigenvalue weighted by Crippen LogP contribution is 2.32. The molecule has 1 saturated heterocycles. The summed E-state index contributed by atoms with van der Waals surface area (Å²) in [5.74, 6) is 2.22. The number of aromatic nitrogens is 5. The van der Waals surface area contributed by atoms with E-state index in [0.29, 0.717) is 34.1 Å². The van der Waals surface area contributed by atoms with Crippen LogP contribution in [-0.4, -0.2) is 48.9 Å². The minimum atomic E-state index is -0.424. The average Bonchev–Trinajstić information content (AvgIpc) is 3.61. The van der Waals surface area contributed by atoms with Gasteiger partial charge in [-0.15, -0.1) is 0 Å². The number of amides is 2. The molecular formula is C32H37N9O2. The molecule has 4 N–H and O–H groups in total.